The van der Waals surface area contributed by atoms with Gasteiger partial charge in [0.1, 0.15) is 30.0 Å². The van der Waals surface area contributed by atoms with E-state index in [0.29, 0.717) is 18.8 Å². The summed E-state index contributed by atoms with van der Waals surface area (Å²) in [5.41, 5.74) is 0. The van der Waals surface area contributed by atoms with E-state index in [9.17, 15) is 9.50 Å². The maximum absolute atomic E-state index is 12.9. The van der Waals surface area contributed by atoms with E-state index in [-0.39, 0.29) is 12.4 Å². The summed E-state index contributed by atoms with van der Waals surface area (Å²) in [6.45, 7) is 1.93. The van der Waals surface area contributed by atoms with E-state index in [1.165, 1.54) is 17.0 Å². The zero-order chi connectivity index (χ0) is 17.5. The topological polar surface area (TPSA) is 45.8 Å². The average molecular weight is 361 g/mol. The second-order valence-corrected chi connectivity index (χ2v) is 6.78. The van der Waals surface area contributed by atoms with Crippen molar-refractivity contribution in [1.29, 1.82) is 0 Å². The van der Waals surface area contributed by atoms with E-state index >= 15 is 0 Å². The third-order valence-corrected chi connectivity index (χ3v) is 4.51. The number of hydrogen-bond acceptors (Lipinski definition) is 5. The number of thiophene rings is 1. The number of ether oxygens (including phenoxy) is 1. The first-order valence-electron chi connectivity index (χ1n) is 8.02. The van der Waals surface area contributed by atoms with Gasteiger partial charge in [0, 0.05) is 18.0 Å². The molecular formula is C19H20FNO3S. The molecule has 1 unspecified atom stereocenters. The lowest BCUT2D eigenvalue weighted by Crippen LogP contribution is -2.34. The summed E-state index contributed by atoms with van der Waals surface area (Å²) in [6.07, 6.45) is 0.979. The van der Waals surface area contributed by atoms with Gasteiger partial charge in [-0.15, -0.1) is 11.3 Å². The summed E-state index contributed by atoms with van der Waals surface area (Å²) in [5.74, 6) is 1.08. The van der Waals surface area contributed by atoms with Crippen LogP contribution >= 0.6 is 11.3 Å². The van der Waals surface area contributed by atoms with Gasteiger partial charge in [-0.25, -0.2) is 4.39 Å². The Morgan fingerprint density at radius 2 is 1.96 bits per heavy atom. The molecule has 1 atom stereocenters. The van der Waals surface area contributed by atoms with Crippen molar-refractivity contribution in [3.8, 4) is 5.75 Å². The lowest BCUT2D eigenvalue weighted by atomic mass is 10.3. The minimum Gasteiger partial charge on any atom is -0.491 e. The predicted octanol–water partition coefficient (Wildman–Crippen LogP) is 3.92. The maximum Gasteiger partial charge on any atom is 0.123 e. The van der Waals surface area contributed by atoms with Gasteiger partial charge in [-0.3, -0.25) is 4.90 Å². The van der Waals surface area contributed by atoms with Crippen LogP contribution in [0.4, 0.5) is 4.39 Å². The summed E-state index contributed by atoms with van der Waals surface area (Å²) >= 11 is 1.68. The Kier molecular flexibility index (Phi) is 6.22. The van der Waals surface area contributed by atoms with Crippen molar-refractivity contribution in [3.05, 3.63) is 76.6 Å². The fourth-order valence-corrected chi connectivity index (χ4v) is 3.25. The Balaban J connectivity index is 1.55. The molecular weight excluding hydrogens is 341 g/mol. The van der Waals surface area contributed by atoms with Crippen molar-refractivity contribution in [1.82, 2.24) is 4.90 Å². The van der Waals surface area contributed by atoms with Crippen LogP contribution in [0.2, 0.25) is 0 Å². The first-order valence-corrected chi connectivity index (χ1v) is 8.90. The van der Waals surface area contributed by atoms with Crippen LogP contribution in [0.15, 0.2) is 64.6 Å². The SMILES string of the molecule is OC(COc1ccc(F)cc1)CN(Cc1ccco1)Cc1cccs1. The summed E-state index contributed by atoms with van der Waals surface area (Å²) in [6, 6.07) is 13.6. The minimum atomic E-state index is -0.667. The fourth-order valence-electron chi connectivity index (χ4n) is 2.50. The number of furan rings is 1. The molecule has 0 radical (unpaired) electrons. The van der Waals surface area contributed by atoms with Gasteiger partial charge in [0.05, 0.1) is 12.8 Å². The van der Waals surface area contributed by atoms with E-state index in [2.05, 4.69) is 11.0 Å². The van der Waals surface area contributed by atoms with E-state index in [1.54, 1.807) is 29.7 Å². The van der Waals surface area contributed by atoms with Gasteiger partial charge < -0.3 is 14.3 Å². The molecule has 0 fully saturated rings. The van der Waals surface area contributed by atoms with Crippen LogP contribution in [0, 0.1) is 5.82 Å². The van der Waals surface area contributed by atoms with E-state index < -0.39 is 6.10 Å². The third kappa shape index (κ3) is 5.70. The highest BCUT2D eigenvalue weighted by molar-refractivity contribution is 7.09. The second kappa shape index (κ2) is 8.80. The molecule has 132 valence electrons. The predicted molar refractivity (Wildman–Crippen MR) is 95.0 cm³/mol. The summed E-state index contributed by atoms with van der Waals surface area (Å²) in [4.78, 5) is 3.34. The number of halogens is 1. The smallest absolute Gasteiger partial charge is 0.123 e. The first-order chi connectivity index (χ1) is 12.2. The number of aliphatic hydroxyl groups is 1. The molecule has 0 saturated carbocycles. The second-order valence-electron chi connectivity index (χ2n) is 5.75. The Labute approximate surface area is 150 Å². The van der Waals surface area contributed by atoms with Crippen molar-refractivity contribution in [2.45, 2.75) is 19.2 Å². The van der Waals surface area contributed by atoms with Crippen molar-refractivity contribution in [2.24, 2.45) is 0 Å². The molecule has 0 aliphatic heterocycles. The minimum absolute atomic E-state index is 0.144. The summed E-state index contributed by atoms with van der Waals surface area (Å²) in [5, 5.41) is 12.4. The number of benzene rings is 1. The maximum atomic E-state index is 12.9. The van der Waals surface area contributed by atoms with Gasteiger partial charge in [0.2, 0.25) is 0 Å². The number of rotatable bonds is 9. The van der Waals surface area contributed by atoms with E-state index in [1.807, 2.05) is 23.6 Å². The molecule has 4 nitrogen and oxygen atoms in total. The fraction of sp³-hybridized carbons (Fsp3) is 0.263. The molecule has 1 N–H and O–H groups in total. The van der Waals surface area contributed by atoms with Crippen LogP contribution in [-0.2, 0) is 13.1 Å². The molecule has 1 aromatic carbocycles. The molecule has 25 heavy (non-hydrogen) atoms. The Morgan fingerprint density at radius 3 is 2.64 bits per heavy atom. The van der Waals surface area contributed by atoms with Crippen LogP contribution in [0.25, 0.3) is 0 Å². The number of nitrogens with zero attached hydrogens (tertiary/aromatic N) is 1. The monoisotopic (exact) mass is 361 g/mol. The quantitative estimate of drug-likeness (QED) is 0.627. The van der Waals surface area contributed by atoms with Gasteiger partial charge in [-0.05, 0) is 47.8 Å². The van der Waals surface area contributed by atoms with Crippen LogP contribution < -0.4 is 4.74 Å². The molecule has 0 aliphatic carbocycles. The van der Waals surface area contributed by atoms with Gasteiger partial charge in [0.15, 0.2) is 0 Å². The summed E-state index contributed by atoms with van der Waals surface area (Å²) in [7, 11) is 0. The van der Waals surface area contributed by atoms with Crippen LogP contribution in [0.3, 0.4) is 0 Å². The molecule has 0 saturated heterocycles. The average Bonchev–Trinajstić information content (AvgIpc) is 3.28. The number of aliphatic hydroxyl groups excluding tert-OH is 1. The lowest BCUT2D eigenvalue weighted by Gasteiger charge is -2.23. The molecule has 3 rings (SSSR count). The summed E-state index contributed by atoms with van der Waals surface area (Å²) < 4.78 is 23.8. The Bertz CT molecular complexity index is 692. The highest BCUT2D eigenvalue weighted by atomic mass is 32.1. The zero-order valence-electron chi connectivity index (χ0n) is 13.7. The third-order valence-electron chi connectivity index (χ3n) is 3.64. The highest BCUT2D eigenvalue weighted by Gasteiger charge is 2.15. The van der Waals surface area contributed by atoms with Gasteiger partial charge in [0.25, 0.3) is 0 Å². The van der Waals surface area contributed by atoms with Crippen molar-refractivity contribution < 1.29 is 18.7 Å². The Hall–Kier alpha value is -2.15. The van der Waals surface area contributed by atoms with Crippen LogP contribution in [-0.4, -0.2) is 29.3 Å². The molecule has 0 amide bonds. The normalized spacial score (nSPS) is 12.4. The Morgan fingerprint density at radius 1 is 1.12 bits per heavy atom. The highest BCUT2D eigenvalue weighted by Crippen LogP contribution is 2.16. The largest absolute Gasteiger partial charge is 0.491 e. The van der Waals surface area contributed by atoms with Crippen LogP contribution in [0.1, 0.15) is 10.6 Å². The molecule has 0 aliphatic rings. The molecule has 6 heteroatoms. The van der Waals surface area contributed by atoms with E-state index in [4.69, 9.17) is 9.15 Å². The molecule has 3 aromatic rings. The van der Waals surface area contributed by atoms with Crippen LogP contribution in [0.5, 0.6) is 5.75 Å². The molecule has 2 heterocycles. The van der Waals surface area contributed by atoms with Gasteiger partial charge >= 0.3 is 0 Å². The molecule has 2 aromatic heterocycles. The van der Waals surface area contributed by atoms with Gasteiger partial charge in [-0.2, -0.15) is 0 Å². The zero-order valence-corrected chi connectivity index (χ0v) is 14.5. The lowest BCUT2D eigenvalue weighted by molar-refractivity contribution is 0.0608. The van der Waals surface area contributed by atoms with Crippen molar-refractivity contribution in [3.63, 3.8) is 0 Å². The van der Waals surface area contributed by atoms with E-state index in [0.717, 1.165) is 12.3 Å². The van der Waals surface area contributed by atoms with Crippen molar-refractivity contribution >= 4 is 11.3 Å². The molecule has 0 spiro atoms. The first kappa shape index (κ1) is 17.7. The molecule has 0 bridgehead atoms. The van der Waals surface area contributed by atoms with Crippen molar-refractivity contribution in [2.75, 3.05) is 13.2 Å². The number of hydrogen-bond donors (Lipinski definition) is 1. The standard InChI is InChI=1S/C19H20FNO3S/c20-15-5-7-17(8-6-15)24-14-16(22)11-21(12-18-3-1-9-23-18)13-19-4-2-10-25-19/h1-10,16,22H,11-14H2. The van der Waals surface area contributed by atoms with Gasteiger partial charge in [-0.1, -0.05) is 6.07 Å².